The summed E-state index contributed by atoms with van der Waals surface area (Å²) >= 11 is 6.29. The molecule has 2 unspecified atom stereocenters. The molecule has 1 N–H and O–H groups in total. The number of hydrogen-bond donors (Lipinski definition) is 1. The molecule has 46 heavy (non-hydrogen) atoms. The molecule has 10 nitrogen and oxygen atoms in total. The van der Waals surface area contributed by atoms with Gasteiger partial charge in [-0.25, -0.2) is 18.2 Å². The van der Waals surface area contributed by atoms with Gasteiger partial charge in [-0.1, -0.05) is 29.8 Å². The van der Waals surface area contributed by atoms with Gasteiger partial charge in [0.2, 0.25) is 5.88 Å². The van der Waals surface area contributed by atoms with Gasteiger partial charge in [-0.05, 0) is 69.2 Å². The molecule has 5 rings (SSSR count). The first-order valence-electron chi connectivity index (χ1n) is 14.9. The fourth-order valence-corrected chi connectivity index (χ4v) is 6.95. The van der Waals surface area contributed by atoms with Crippen LogP contribution in [0.2, 0.25) is 5.02 Å². The molecule has 0 radical (unpaired) electrons. The Morgan fingerprint density at radius 3 is 2.52 bits per heavy atom. The minimum Gasteiger partial charge on any atom is -0.619 e. The molecule has 0 bridgehead atoms. The number of piperidine rings is 1. The summed E-state index contributed by atoms with van der Waals surface area (Å²) in [4.78, 5) is 19.7. The molecule has 0 saturated carbocycles. The third-order valence-corrected chi connectivity index (χ3v) is 9.72. The van der Waals surface area contributed by atoms with Gasteiger partial charge in [0.25, 0.3) is 0 Å². The van der Waals surface area contributed by atoms with E-state index in [1.807, 2.05) is 12.1 Å². The highest BCUT2D eigenvalue weighted by molar-refractivity contribution is 7.90. The van der Waals surface area contributed by atoms with Gasteiger partial charge in [0.15, 0.2) is 21.7 Å². The molecule has 1 saturated heterocycles. The van der Waals surface area contributed by atoms with E-state index in [-0.39, 0.29) is 36.7 Å². The molecule has 12 heteroatoms. The first kappa shape index (κ1) is 33.4. The maximum absolute atomic E-state index is 13.3. The smallest absolute Gasteiger partial charge is 0.410 e. The van der Waals surface area contributed by atoms with Crippen LogP contribution in [0.1, 0.15) is 49.9 Å². The summed E-state index contributed by atoms with van der Waals surface area (Å²) in [7, 11) is -2.03. The van der Waals surface area contributed by atoms with Crippen LogP contribution >= 0.6 is 11.6 Å². The summed E-state index contributed by atoms with van der Waals surface area (Å²) < 4.78 is 37.1. The molecule has 3 heterocycles. The summed E-state index contributed by atoms with van der Waals surface area (Å²) in [6.07, 6.45) is 2.30. The highest BCUT2D eigenvalue weighted by Gasteiger charge is 2.51. The molecular weight excluding hydrogens is 630 g/mol. The number of aromatic nitrogens is 2. The van der Waals surface area contributed by atoms with Crippen molar-refractivity contribution >= 4 is 38.4 Å². The molecule has 0 aliphatic carbocycles. The number of sulfone groups is 1. The number of pyridine rings is 2. The molecule has 1 amide bonds. The molecule has 2 aromatic heterocycles. The molecule has 1 aliphatic heterocycles. The number of halogens is 1. The number of nitrogens with zero attached hydrogens (tertiary/aromatic N) is 3. The zero-order valence-corrected chi connectivity index (χ0v) is 28.0. The van der Waals surface area contributed by atoms with Crippen LogP contribution in [0.25, 0.3) is 10.9 Å². The lowest BCUT2D eigenvalue weighted by Gasteiger charge is -2.48. The van der Waals surface area contributed by atoms with Crippen LogP contribution in [-0.2, 0) is 21.0 Å². The molecule has 1 fully saturated rings. The highest BCUT2D eigenvalue weighted by atomic mass is 35.5. The lowest BCUT2D eigenvalue weighted by molar-refractivity contribution is -0.614. The molecule has 3 atom stereocenters. The number of ether oxygens (including phenoxy) is 2. The van der Waals surface area contributed by atoms with Gasteiger partial charge >= 0.3 is 6.09 Å². The standard InChI is InChI=1S/C34H38ClN3O7S/c1-33(2,3)45-32(39)37-17-15-34(40,24(21-37)20-26-8-6-7-16-38(26)41)30(22-9-11-25(35)12-10-22)28-19-23-18-27(46(5,42)43)13-14-29(23)36-31(28)44-4/h6-14,16,18-19,24,30,40H,15,17,20-21H2,1-5H3/t24-,30?,34?/m1/s1. The SMILES string of the molecule is COc1nc2ccc(S(C)(=O)=O)cc2cc1C(c1ccc(Cl)cc1)C1(O)CCN(C(=O)OC(C)(C)C)C[C@H]1Cc1cccc[n+]1[O-]. The quantitative estimate of drug-likeness (QED) is 0.208. The van der Waals surface area contributed by atoms with Crippen LogP contribution in [-0.4, -0.2) is 67.2 Å². The summed E-state index contributed by atoms with van der Waals surface area (Å²) in [6.45, 7) is 5.65. The van der Waals surface area contributed by atoms with E-state index in [2.05, 4.69) is 0 Å². The first-order valence-corrected chi connectivity index (χ1v) is 17.2. The molecule has 1 aliphatic rings. The normalized spacial score (nSPS) is 19.5. The van der Waals surface area contributed by atoms with E-state index in [4.69, 9.17) is 26.1 Å². The predicted octanol–water partition coefficient (Wildman–Crippen LogP) is 5.30. The van der Waals surface area contributed by atoms with E-state index >= 15 is 0 Å². The molecule has 244 valence electrons. The zero-order valence-electron chi connectivity index (χ0n) is 26.4. The van der Waals surface area contributed by atoms with Gasteiger partial charge in [-0.15, -0.1) is 0 Å². The molecule has 4 aromatic rings. The molecule has 0 spiro atoms. The third kappa shape index (κ3) is 7.06. The molecular formula is C34H38ClN3O7S. The second-order valence-corrected chi connectivity index (χ2v) is 15.2. The van der Waals surface area contributed by atoms with Crippen LogP contribution < -0.4 is 9.47 Å². The van der Waals surface area contributed by atoms with Gasteiger partial charge in [0.1, 0.15) is 5.60 Å². The number of likely N-dealkylation sites (tertiary alicyclic amines) is 1. The second-order valence-electron chi connectivity index (χ2n) is 12.8. The Labute approximate surface area is 274 Å². The van der Waals surface area contributed by atoms with Gasteiger partial charge in [-0.2, -0.15) is 4.73 Å². The van der Waals surface area contributed by atoms with Gasteiger partial charge in [0.05, 0.1) is 23.1 Å². The van der Waals surface area contributed by atoms with Crippen molar-refractivity contribution in [2.75, 3.05) is 26.5 Å². The fraction of sp³-hybridized carbons (Fsp3) is 0.382. The number of carbonyl (C=O) groups is 1. The van der Waals surface area contributed by atoms with E-state index < -0.39 is 39.0 Å². The summed E-state index contributed by atoms with van der Waals surface area (Å²) in [6, 6.07) is 18.6. The van der Waals surface area contributed by atoms with E-state index in [1.165, 1.54) is 19.4 Å². The Kier molecular flexibility index (Phi) is 9.23. The Morgan fingerprint density at radius 2 is 1.89 bits per heavy atom. The van der Waals surface area contributed by atoms with Crippen molar-refractivity contribution in [2.45, 2.75) is 55.6 Å². The summed E-state index contributed by atoms with van der Waals surface area (Å²) in [5.74, 6) is -1.19. The highest BCUT2D eigenvalue weighted by Crippen LogP contribution is 2.48. The summed E-state index contributed by atoms with van der Waals surface area (Å²) in [5.41, 5.74) is -0.116. The number of rotatable bonds is 7. The van der Waals surface area contributed by atoms with Gasteiger partial charge in [0, 0.05) is 65.7 Å². The van der Waals surface area contributed by atoms with E-state index in [1.54, 1.807) is 74.2 Å². The largest absolute Gasteiger partial charge is 0.619 e. The monoisotopic (exact) mass is 667 g/mol. The van der Waals surface area contributed by atoms with E-state index in [9.17, 15) is 23.5 Å². The maximum atomic E-state index is 13.3. The van der Waals surface area contributed by atoms with Crippen LogP contribution in [0.4, 0.5) is 4.79 Å². The van der Waals surface area contributed by atoms with Crippen molar-refractivity contribution < 1.29 is 32.5 Å². The molecule has 2 aromatic carbocycles. The average Bonchev–Trinajstić information content (AvgIpc) is 2.98. The predicted molar refractivity (Wildman–Crippen MR) is 175 cm³/mol. The van der Waals surface area contributed by atoms with Crippen molar-refractivity contribution in [3.8, 4) is 5.88 Å². The number of methoxy groups -OCH3 is 1. The number of fused-ring (bicyclic) bond motifs is 1. The maximum Gasteiger partial charge on any atom is 0.410 e. The minimum atomic E-state index is -3.51. The fourth-order valence-electron chi connectivity index (χ4n) is 6.17. The number of aliphatic hydroxyl groups is 1. The van der Waals surface area contributed by atoms with E-state index in [0.29, 0.717) is 32.7 Å². The van der Waals surface area contributed by atoms with Crippen molar-refractivity contribution in [1.29, 1.82) is 0 Å². The van der Waals surface area contributed by atoms with E-state index in [0.717, 1.165) is 11.0 Å². The van der Waals surface area contributed by atoms with Crippen molar-refractivity contribution in [3.05, 3.63) is 100.0 Å². The lowest BCUT2D eigenvalue weighted by atomic mass is 9.66. The Balaban J connectivity index is 1.71. The van der Waals surface area contributed by atoms with Crippen molar-refractivity contribution in [2.24, 2.45) is 5.92 Å². The number of benzene rings is 2. The van der Waals surface area contributed by atoms with Gasteiger partial charge in [-0.3, -0.25) is 0 Å². The second kappa shape index (κ2) is 12.7. The summed E-state index contributed by atoms with van der Waals surface area (Å²) in [5, 5.41) is 26.9. The Hall–Kier alpha value is -3.93. The number of carbonyl (C=O) groups excluding carboxylic acids is 1. The van der Waals surface area contributed by atoms with Crippen LogP contribution in [0.15, 0.2) is 77.8 Å². The van der Waals surface area contributed by atoms with Gasteiger partial charge < -0.3 is 24.7 Å². The lowest BCUT2D eigenvalue weighted by Crippen LogP contribution is -2.58. The first-order chi connectivity index (χ1) is 21.6. The Morgan fingerprint density at radius 1 is 1.17 bits per heavy atom. The zero-order chi connectivity index (χ0) is 33.4. The van der Waals surface area contributed by atoms with Crippen LogP contribution in [0.5, 0.6) is 5.88 Å². The topological polar surface area (TPSA) is 133 Å². The Bertz CT molecular complexity index is 1860. The van der Waals surface area contributed by atoms with Crippen LogP contribution in [0, 0.1) is 11.1 Å². The minimum absolute atomic E-state index is 0.103. The van der Waals surface area contributed by atoms with Crippen molar-refractivity contribution in [1.82, 2.24) is 9.88 Å². The van der Waals surface area contributed by atoms with Crippen LogP contribution in [0.3, 0.4) is 0 Å². The number of hydrogen-bond acceptors (Lipinski definition) is 8. The van der Waals surface area contributed by atoms with Crippen molar-refractivity contribution in [3.63, 3.8) is 0 Å². The average molecular weight is 668 g/mol. The number of amides is 1. The third-order valence-electron chi connectivity index (χ3n) is 8.36.